The van der Waals surface area contributed by atoms with E-state index in [0.29, 0.717) is 83.9 Å². The van der Waals surface area contributed by atoms with Gasteiger partial charge < -0.3 is 13.9 Å². The third-order valence-electron chi connectivity index (χ3n) is 9.36. The highest BCUT2D eigenvalue weighted by molar-refractivity contribution is 7.22. The van der Waals surface area contributed by atoms with Crippen molar-refractivity contribution in [3.05, 3.63) is 41.5 Å². The molecule has 2 fully saturated rings. The summed E-state index contributed by atoms with van der Waals surface area (Å²) in [7, 11) is 0. The molecule has 0 N–H and O–H groups in total. The van der Waals surface area contributed by atoms with Crippen LogP contribution in [-0.4, -0.2) is 28.5 Å². The number of hydrogen-bond acceptors (Lipinski definition) is 9. The number of thiazole rings is 1. The molecule has 0 bridgehead atoms. The first kappa shape index (κ1) is 30.2. The average Bonchev–Trinajstić information content (AvgIpc) is 3.64. The molecule has 230 valence electrons. The van der Waals surface area contributed by atoms with Crippen molar-refractivity contribution in [1.82, 2.24) is 4.98 Å². The standard InChI is InChI=1S/C35H37NO7S/c1-18-15-19(2)26-17-30(41-29(26)16-18)33-36-31-27(42-34(39)24-9-5-22(6-10-24)20(3)37)13-14-28(32(31)44-33)43-35(40)25-11-7-23(8-12-25)21(4)38/h13-17,22-25H,5-12H2,1-4H3. The fourth-order valence-corrected chi connectivity index (χ4v) is 7.66. The van der Waals surface area contributed by atoms with E-state index < -0.39 is 0 Å². The van der Waals surface area contributed by atoms with Crippen LogP contribution in [0, 0.1) is 37.5 Å². The zero-order chi connectivity index (χ0) is 31.1. The third-order valence-corrected chi connectivity index (χ3v) is 10.4. The van der Waals surface area contributed by atoms with Crippen LogP contribution in [0.5, 0.6) is 11.5 Å². The first-order valence-electron chi connectivity index (χ1n) is 15.5. The summed E-state index contributed by atoms with van der Waals surface area (Å²) < 4.78 is 18.7. The topological polar surface area (TPSA) is 113 Å². The molecular weight excluding hydrogens is 578 g/mol. The number of aryl methyl sites for hydroxylation is 2. The van der Waals surface area contributed by atoms with Crippen LogP contribution < -0.4 is 9.47 Å². The number of aromatic nitrogens is 1. The van der Waals surface area contributed by atoms with E-state index in [2.05, 4.69) is 6.07 Å². The van der Waals surface area contributed by atoms with Crippen molar-refractivity contribution >= 4 is 56.0 Å². The molecule has 4 aromatic rings. The molecule has 0 amide bonds. The van der Waals surface area contributed by atoms with E-state index in [-0.39, 0.29) is 47.2 Å². The Balaban J connectivity index is 1.31. The number of fused-ring (bicyclic) bond motifs is 2. The Bertz CT molecular complexity index is 1680. The Morgan fingerprint density at radius 3 is 1.84 bits per heavy atom. The summed E-state index contributed by atoms with van der Waals surface area (Å²) in [6.07, 6.45) is 5.16. The van der Waals surface area contributed by atoms with E-state index in [1.54, 1.807) is 26.0 Å². The number of furan rings is 1. The fourth-order valence-electron chi connectivity index (χ4n) is 6.68. The fraction of sp³-hybridized carbons (Fsp3) is 0.457. The monoisotopic (exact) mass is 615 g/mol. The summed E-state index contributed by atoms with van der Waals surface area (Å²) in [4.78, 5) is 54.9. The predicted octanol–water partition coefficient (Wildman–Crippen LogP) is 7.93. The molecule has 2 aliphatic rings. The number of hydrogen-bond donors (Lipinski definition) is 0. The van der Waals surface area contributed by atoms with Gasteiger partial charge in [0.15, 0.2) is 22.3 Å². The molecule has 0 saturated heterocycles. The van der Waals surface area contributed by atoms with Gasteiger partial charge in [0.1, 0.15) is 27.4 Å². The Morgan fingerprint density at radius 2 is 1.27 bits per heavy atom. The molecule has 0 radical (unpaired) electrons. The van der Waals surface area contributed by atoms with Crippen molar-refractivity contribution in [2.75, 3.05) is 0 Å². The number of rotatable bonds is 7. The van der Waals surface area contributed by atoms with Crippen molar-refractivity contribution < 1.29 is 33.1 Å². The van der Waals surface area contributed by atoms with Gasteiger partial charge in [0.05, 0.1) is 11.8 Å². The molecule has 0 unspecified atom stereocenters. The second kappa shape index (κ2) is 12.3. The Hall–Kier alpha value is -3.85. The number of benzene rings is 2. The number of ether oxygens (including phenoxy) is 2. The van der Waals surface area contributed by atoms with Crippen LogP contribution in [0.3, 0.4) is 0 Å². The molecule has 2 aliphatic carbocycles. The van der Waals surface area contributed by atoms with Crippen molar-refractivity contribution in [3.8, 4) is 22.3 Å². The Kier molecular flexibility index (Phi) is 8.42. The van der Waals surface area contributed by atoms with Crippen LogP contribution in [-0.2, 0) is 19.2 Å². The van der Waals surface area contributed by atoms with Gasteiger partial charge in [0, 0.05) is 17.2 Å². The third kappa shape index (κ3) is 6.07. The van der Waals surface area contributed by atoms with E-state index in [1.165, 1.54) is 11.3 Å². The largest absolute Gasteiger partial charge is 0.454 e. The second-order valence-corrected chi connectivity index (χ2v) is 13.5. The maximum absolute atomic E-state index is 13.2. The maximum atomic E-state index is 13.2. The van der Waals surface area contributed by atoms with Gasteiger partial charge in [0.2, 0.25) is 0 Å². The zero-order valence-electron chi connectivity index (χ0n) is 25.6. The highest BCUT2D eigenvalue weighted by Crippen LogP contribution is 2.43. The van der Waals surface area contributed by atoms with Gasteiger partial charge in [-0.1, -0.05) is 6.07 Å². The van der Waals surface area contributed by atoms with Gasteiger partial charge in [-0.25, -0.2) is 4.98 Å². The lowest BCUT2D eigenvalue weighted by atomic mass is 9.80. The first-order valence-corrected chi connectivity index (χ1v) is 16.3. The van der Waals surface area contributed by atoms with Gasteiger partial charge in [-0.15, -0.1) is 11.3 Å². The van der Waals surface area contributed by atoms with Gasteiger partial charge in [0.25, 0.3) is 0 Å². The molecular formula is C35H37NO7S. The van der Waals surface area contributed by atoms with Crippen LogP contribution in [0.2, 0.25) is 0 Å². The van der Waals surface area contributed by atoms with Crippen molar-refractivity contribution in [2.45, 2.75) is 79.1 Å². The van der Waals surface area contributed by atoms with Gasteiger partial charge in [-0.3, -0.25) is 19.2 Å². The lowest BCUT2D eigenvalue weighted by molar-refractivity contribution is -0.141. The summed E-state index contributed by atoms with van der Waals surface area (Å²) in [6, 6.07) is 9.33. The van der Waals surface area contributed by atoms with Gasteiger partial charge in [-0.05, 0) is 114 Å². The summed E-state index contributed by atoms with van der Waals surface area (Å²) >= 11 is 1.32. The van der Waals surface area contributed by atoms with Crippen LogP contribution in [0.1, 0.15) is 76.3 Å². The highest BCUT2D eigenvalue weighted by atomic mass is 32.1. The van der Waals surface area contributed by atoms with Crippen LogP contribution in [0.15, 0.2) is 34.7 Å². The molecule has 0 aliphatic heterocycles. The number of carbonyl (C=O) groups excluding carboxylic acids is 4. The molecule has 44 heavy (non-hydrogen) atoms. The normalized spacial score (nSPS) is 22.2. The van der Waals surface area contributed by atoms with Crippen LogP contribution in [0.4, 0.5) is 0 Å². The SMILES string of the molecule is CC(=O)C1CCC(C(=O)Oc2ccc(OC(=O)C3CCC(C(C)=O)CC3)c3sc(-c4cc5c(C)cc(C)cc5o4)nc23)CC1. The number of esters is 2. The van der Waals surface area contributed by atoms with E-state index in [4.69, 9.17) is 18.9 Å². The van der Waals surface area contributed by atoms with E-state index in [0.717, 1.165) is 22.1 Å². The molecule has 9 heteroatoms. The van der Waals surface area contributed by atoms with Crippen molar-refractivity contribution in [1.29, 1.82) is 0 Å². The zero-order valence-corrected chi connectivity index (χ0v) is 26.4. The maximum Gasteiger partial charge on any atom is 0.314 e. The summed E-state index contributed by atoms with van der Waals surface area (Å²) in [5, 5.41) is 1.57. The molecule has 2 aromatic heterocycles. The summed E-state index contributed by atoms with van der Waals surface area (Å²) in [6.45, 7) is 7.27. The molecule has 6 rings (SSSR count). The van der Waals surface area contributed by atoms with Gasteiger partial charge in [-0.2, -0.15) is 0 Å². The van der Waals surface area contributed by atoms with Crippen molar-refractivity contribution in [2.24, 2.45) is 23.7 Å². The molecule has 2 aromatic carbocycles. The molecule has 0 atom stereocenters. The van der Waals surface area contributed by atoms with E-state index in [9.17, 15) is 19.2 Å². The van der Waals surface area contributed by atoms with E-state index >= 15 is 0 Å². The lowest BCUT2D eigenvalue weighted by Crippen LogP contribution is -2.28. The Morgan fingerprint density at radius 1 is 0.750 bits per heavy atom. The first-order chi connectivity index (χ1) is 21.1. The number of carbonyl (C=O) groups is 4. The minimum Gasteiger partial charge on any atom is -0.454 e. The number of ketones is 2. The second-order valence-electron chi connectivity index (χ2n) is 12.5. The minimum absolute atomic E-state index is 0.00886. The van der Waals surface area contributed by atoms with Crippen LogP contribution >= 0.6 is 11.3 Å². The van der Waals surface area contributed by atoms with E-state index in [1.807, 2.05) is 26.0 Å². The smallest absolute Gasteiger partial charge is 0.314 e. The highest BCUT2D eigenvalue weighted by Gasteiger charge is 2.32. The lowest BCUT2D eigenvalue weighted by Gasteiger charge is -2.25. The molecule has 2 saturated carbocycles. The average molecular weight is 616 g/mol. The van der Waals surface area contributed by atoms with Gasteiger partial charge >= 0.3 is 11.9 Å². The molecule has 0 spiro atoms. The Labute approximate surface area is 260 Å². The minimum atomic E-state index is -0.343. The van der Waals surface area contributed by atoms with Crippen LogP contribution in [0.25, 0.3) is 32.0 Å². The summed E-state index contributed by atoms with van der Waals surface area (Å²) in [5.41, 5.74) is 3.38. The number of Topliss-reactive ketones (excluding diaryl/α,β-unsaturated/α-hetero) is 2. The molecule has 8 nitrogen and oxygen atoms in total. The number of nitrogens with zero attached hydrogens (tertiary/aromatic N) is 1. The van der Waals surface area contributed by atoms with Crippen molar-refractivity contribution in [3.63, 3.8) is 0 Å². The predicted molar refractivity (Wildman–Crippen MR) is 168 cm³/mol. The summed E-state index contributed by atoms with van der Waals surface area (Å²) in [5.74, 6) is 0.347. The quantitative estimate of drug-likeness (QED) is 0.152. The molecule has 2 heterocycles.